The van der Waals surface area contributed by atoms with E-state index >= 15 is 0 Å². The molecule has 4 nitrogen and oxygen atoms in total. The van der Waals surface area contributed by atoms with Crippen LogP contribution < -0.4 is 5.32 Å². The number of benzene rings is 1. The van der Waals surface area contributed by atoms with E-state index in [9.17, 15) is 8.42 Å². The number of sulfone groups is 1. The number of thiophene rings is 1. The third kappa shape index (κ3) is 4.38. The first-order chi connectivity index (χ1) is 10.0. The molecule has 0 saturated carbocycles. The molecule has 2 rings (SSSR count). The minimum atomic E-state index is -3.32. The van der Waals surface area contributed by atoms with Crippen molar-refractivity contribution in [3.8, 4) is 6.07 Å². The monoisotopic (exact) mass is 384 g/mol. The molecule has 0 amide bonds. The van der Waals surface area contributed by atoms with Gasteiger partial charge in [-0.15, -0.1) is 11.3 Å². The quantitative estimate of drug-likeness (QED) is 0.777. The Balaban J connectivity index is 1.89. The average molecular weight is 385 g/mol. The Bertz CT molecular complexity index is 746. The van der Waals surface area contributed by atoms with Crippen molar-refractivity contribution < 1.29 is 8.42 Å². The molecule has 2 aromatic rings. The Morgan fingerprint density at radius 2 is 1.95 bits per heavy atom. The molecule has 1 aromatic carbocycles. The van der Waals surface area contributed by atoms with Crippen molar-refractivity contribution in [2.24, 2.45) is 0 Å². The number of nitriles is 1. The van der Waals surface area contributed by atoms with E-state index in [2.05, 4.69) is 21.2 Å². The van der Waals surface area contributed by atoms with E-state index in [-0.39, 0.29) is 10.6 Å². The third-order valence-corrected chi connectivity index (χ3v) is 6.53. The van der Waals surface area contributed by atoms with Crippen molar-refractivity contribution in [3.63, 3.8) is 0 Å². The minimum absolute atomic E-state index is 0.0297. The first-order valence-corrected chi connectivity index (χ1v) is 9.51. The highest BCUT2D eigenvalue weighted by atomic mass is 79.9. The average Bonchev–Trinajstić information content (AvgIpc) is 2.89. The first kappa shape index (κ1) is 16.2. The molecule has 1 heterocycles. The maximum atomic E-state index is 12.1. The van der Waals surface area contributed by atoms with Gasteiger partial charge >= 0.3 is 0 Å². The minimum Gasteiger partial charge on any atom is -0.311 e. The van der Waals surface area contributed by atoms with Crippen molar-refractivity contribution in [2.75, 3.05) is 12.3 Å². The van der Waals surface area contributed by atoms with Crippen molar-refractivity contribution in [1.82, 2.24) is 5.32 Å². The Hall–Kier alpha value is -1.20. The molecular formula is C14H13BrN2O2S2. The van der Waals surface area contributed by atoms with E-state index in [1.165, 1.54) is 24.3 Å². The summed E-state index contributed by atoms with van der Waals surface area (Å²) in [5.41, 5.74) is 0.453. The fraction of sp³-hybridized carbons (Fsp3) is 0.214. The van der Waals surface area contributed by atoms with Crippen molar-refractivity contribution in [2.45, 2.75) is 11.4 Å². The molecular weight excluding hydrogens is 372 g/mol. The van der Waals surface area contributed by atoms with Gasteiger partial charge in [-0.05, 0) is 51.6 Å². The van der Waals surface area contributed by atoms with Crippen LogP contribution in [0.5, 0.6) is 0 Å². The Kier molecular flexibility index (Phi) is 5.53. The van der Waals surface area contributed by atoms with Gasteiger partial charge in [0.1, 0.15) is 0 Å². The zero-order chi connectivity index (χ0) is 15.3. The van der Waals surface area contributed by atoms with Gasteiger partial charge < -0.3 is 5.32 Å². The second-order valence-electron chi connectivity index (χ2n) is 4.32. The lowest BCUT2D eigenvalue weighted by Gasteiger charge is -2.06. The van der Waals surface area contributed by atoms with Gasteiger partial charge in [-0.1, -0.05) is 0 Å². The lowest BCUT2D eigenvalue weighted by molar-refractivity contribution is 0.591. The molecule has 0 fully saturated rings. The highest BCUT2D eigenvalue weighted by Crippen LogP contribution is 2.22. The fourth-order valence-corrected chi connectivity index (χ4v) is 4.38. The number of rotatable bonds is 6. The molecule has 0 bridgehead atoms. The van der Waals surface area contributed by atoms with Crippen molar-refractivity contribution in [1.29, 1.82) is 5.26 Å². The normalized spacial score (nSPS) is 11.2. The van der Waals surface area contributed by atoms with Crippen LogP contribution in [-0.2, 0) is 16.4 Å². The topological polar surface area (TPSA) is 70.0 Å². The van der Waals surface area contributed by atoms with Gasteiger partial charge in [-0.2, -0.15) is 5.26 Å². The smallest absolute Gasteiger partial charge is 0.179 e. The molecule has 0 radical (unpaired) electrons. The molecule has 21 heavy (non-hydrogen) atoms. The van der Waals surface area contributed by atoms with Crippen molar-refractivity contribution in [3.05, 3.63) is 50.6 Å². The van der Waals surface area contributed by atoms with Crippen LogP contribution in [0.4, 0.5) is 0 Å². The summed E-state index contributed by atoms with van der Waals surface area (Å²) in [6, 6.07) is 9.92. The van der Waals surface area contributed by atoms with Gasteiger partial charge in [0.15, 0.2) is 9.84 Å². The van der Waals surface area contributed by atoms with Gasteiger partial charge in [0, 0.05) is 22.4 Å². The van der Waals surface area contributed by atoms with Crippen LogP contribution in [-0.4, -0.2) is 20.7 Å². The zero-order valence-electron chi connectivity index (χ0n) is 11.0. The third-order valence-electron chi connectivity index (χ3n) is 2.87. The molecule has 7 heteroatoms. The van der Waals surface area contributed by atoms with Crippen LogP contribution in [0, 0.1) is 11.3 Å². The van der Waals surface area contributed by atoms with Gasteiger partial charge in [-0.3, -0.25) is 0 Å². The Morgan fingerprint density at radius 3 is 2.52 bits per heavy atom. The van der Waals surface area contributed by atoms with Crippen LogP contribution in [0.25, 0.3) is 0 Å². The summed E-state index contributed by atoms with van der Waals surface area (Å²) in [4.78, 5) is 1.39. The van der Waals surface area contributed by atoms with E-state index in [1.807, 2.05) is 17.5 Å². The summed E-state index contributed by atoms with van der Waals surface area (Å²) in [6.07, 6.45) is 0. The predicted octanol–water partition coefficient (Wildman–Crippen LogP) is 2.95. The van der Waals surface area contributed by atoms with Gasteiger partial charge in [0.25, 0.3) is 0 Å². The molecule has 1 aromatic heterocycles. The molecule has 1 N–H and O–H groups in total. The standard InChI is InChI=1S/C14H13BrN2O2S2/c15-13-5-7-20-14(13)10-17-6-8-21(18,19)12-3-1-11(9-16)2-4-12/h1-5,7,17H,6,8,10H2. The molecule has 0 saturated heterocycles. The zero-order valence-corrected chi connectivity index (χ0v) is 14.3. The second kappa shape index (κ2) is 7.18. The van der Waals surface area contributed by atoms with E-state index in [0.717, 1.165) is 9.35 Å². The van der Waals surface area contributed by atoms with Crippen molar-refractivity contribution >= 4 is 37.1 Å². The molecule has 0 atom stereocenters. The van der Waals surface area contributed by atoms with Crippen LogP contribution in [0.1, 0.15) is 10.4 Å². The molecule has 0 aliphatic rings. The maximum Gasteiger partial charge on any atom is 0.179 e. The number of nitrogens with one attached hydrogen (secondary N) is 1. The SMILES string of the molecule is N#Cc1ccc(S(=O)(=O)CCNCc2sccc2Br)cc1. The highest BCUT2D eigenvalue weighted by molar-refractivity contribution is 9.10. The van der Waals surface area contributed by atoms with E-state index < -0.39 is 9.84 Å². The molecule has 0 unspecified atom stereocenters. The summed E-state index contributed by atoms with van der Waals surface area (Å²) in [5.74, 6) is 0.0297. The summed E-state index contributed by atoms with van der Waals surface area (Å²) in [7, 11) is -3.32. The molecule has 0 aliphatic heterocycles. The maximum absolute atomic E-state index is 12.1. The number of hydrogen-bond donors (Lipinski definition) is 1. The van der Waals surface area contributed by atoms with Gasteiger partial charge in [-0.25, -0.2) is 8.42 Å². The molecule has 110 valence electrons. The summed E-state index contributed by atoms with van der Waals surface area (Å²) >= 11 is 5.05. The van der Waals surface area contributed by atoms with Gasteiger partial charge in [0.2, 0.25) is 0 Å². The predicted molar refractivity (Wildman–Crippen MR) is 86.9 cm³/mol. The summed E-state index contributed by atoms with van der Waals surface area (Å²) in [5, 5.41) is 13.8. The van der Waals surface area contributed by atoms with E-state index in [1.54, 1.807) is 11.3 Å². The van der Waals surface area contributed by atoms with E-state index in [4.69, 9.17) is 5.26 Å². The summed E-state index contributed by atoms with van der Waals surface area (Å²) in [6.45, 7) is 1.02. The fourth-order valence-electron chi connectivity index (χ4n) is 1.71. The largest absolute Gasteiger partial charge is 0.311 e. The molecule has 0 aliphatic carbocycles. The second-order valence-corrected chi connectivity index (χ2v) is 8.29. The summed E-state index contributed by atoms with van der Waals surface area (Å²) < 4.78 is 25.3. The molecule has 0 spiro atoms. The van der Waals surface area contributed by atoms with Crippen LogP contribution in [0.3, 0.4) is 0 Å². The number of hydrogen-bond acceptors (Lipinski definition) is 5. The van der Waals surface area contributed by atoms with Crippen LogP contribution in [0.2, 0.25) is 0 Å². The first-order valence-electron chi connectivity index (χ1n) is 6.18. The highest BCUT2D eigenvalue weighted by Gasteiger charge is 2.13. The number of nitrogens with zero attached hydrogens (tertiary/aromatic N) is 1. The van der Waals surface area contributed by atoms with E-state index in [0.29, 0.717) is 18.7 Å². The van der Waals surface area contributed by atoms with Crippen LogP contribution >= 0.6 is 27.3 Å². The number of halogens is 1. The van der Waals surface area contributed by atoms with Crippen LogP contribution in [0.15, 0.2) is 45.1 Å². The lowest BCUT2D eigenvalue weighted by atomic mass is 10.2. The Morgan fingerprint density at radius 1 is 1.24 bits per heavy atom. The van der Waals surface area contributed by atoms with Gasteiger partial charge in [0.05, 0.1) is 22.3 Å². The lowest BCUT2D eigenvalue weighted by Crippen LogP contribution is -2.22. The Labute approximate surface area is 136 Å².